The molecular formula is C24H27FN2O4S. The Balaban J connectivity index is 1.46. The number of rotatable bonds is 5. The number of sulfonamides is 1. The molecule has 32 heavy (non-hydrogen) atoms. The van der Waals surface area contributed by atoms with Crippen LogP contribution in [-0.2, 0) is 14.8 Å². The molecule has 2 aromatic carbocycles. The van der Waals surface area contributed by atoms with Gasteiger partial charge in [-0.05, 0) is 68.0 Å². The fraction of sp³-hybridized carbons (Fsp3) is 0.417. The third-order valence-electron chi connectivity index (χ3n) is 6.72. The van der Waals surface area contributed by atoms with E-state index in [9.17, 15) is 22.4 Å². The Morgan fingerprint density at radius 3 is 2.34 bits per heavy atom. The lowest BCUT2D eigenvalue weighted by Gasteiger charge is -2.48. The molecule has 0 bridgehead atoms. The summed E-state index contributed by atoms with van der Waals surface area (Å²) in [6.07, 6.45) is 6.39. The van der Waals surface area contributed by atoms with Crippen LogP contribution in [0.1, 0.15) is 67.3 Å². The van der Waals surface area contributed by atoms with Gasteiger partial charge in [-0.15, -0.1) is 0 Å². The normalized spacial score (nSPS) is 21.6. The highest BCUT2D eigenvalue weighted by Crippen LogP contribution is 2.35. The van der Waals surface area contributed by atoms with E-state index in [1.165, 1.54) is 41.9 Å². The number of hydrogen-bond donors (Lipinski definition) is 1. The van der Waals surface area contributed by atoms with E-state index >= 15 is 0 Å². The van der Waals surface area contributed by atoms with Gasteiger partial charge >= 0.3 is 0 Å². The minimum absolute atomic E-state index is 0.313. The first-order valence-electron chi connectivity index (χ1n) is 11.0. The second-order valence-corrected chi connectivity index (χ2v) is 10.5. The van der Waals surface area contributed by atoms with Crippen LogP contribution in [0.3, 0.4) is 0 Å². The highest BCUT2D eigenvalue weighted by atomic mass is 32.2. The lowest BCUT2D eigenvalue weighted by molar-refractivity contribution is -0.135. The van der Waals surface area contributed by atoms with Crippen molar-refractivity contribution in [2.45, 2.75) is 61.8 Å². The van der Waals surface area contributed by atoms with E-state index in [-0.39, 0.29) is 10.8 Å². The Hall–Kier alpha value is -2.74. The molecule has 8 heteroatoms. The van der Waals surface area contributed by atoms with Crippen LogP contribution in [0.5, 0.6) is 0 Å². The zero-order chi connectivity index (χ0) is 22.9. The smallest absolute Gasteiger partial charge is 0.264 e. The van der Waals surface area contributed by atoms with Gasteiger partial charge in [-0.3, -0.25) is 9.59 Å². The monoisotopic (exact) mass is 458 g/mol. The first-order valence-corrected chi connectivity index (χ1v) is 12.4. The molecule has 2 aromatic rings. The number of nitrogens with zero attached hydrogens (tertiary/aromatic N) is 1. The summed E-state index contributed by atoms with van der Waals surface area (Å²) >= 11 is 0. The lowest BCUT2D eigenvalue weighted by Crippen LogP contribution is -2.67. The molecule has 1 saturated carbocycles. The average Bonchev–Trinajstić information content (AvgIpc) is 2.78. The maximum Gasteiger partial charge on any atom is 0.264 e. The molecule has 1 atom stereocenters. The third kappa shape index (κ3) is 4.28. The summed E-state index contributed by atoms with van der Waals surface area (Å²) in [5.74, 6) is -1.31. The maximum atomic E-state index is 13.4. The van der Waals surface area contributed by atoms with E-state index in [1.807, 2.05) is 16.9 Å². The zero-order valence-corrected chi connectivity index (χ0v) is 18.8. The molecule has 1 saturated heterocycles. The standard InChI is InChI=1S/C24H27FN2O4S/c1-24(23(29)26-32(30,31)21-9-5-8-20(25)16-21)14-15-27(24)22(28)19-12-10-18(11-13-19)17-6-3-2-4-7-17/h5,8-13,16-17H,2-4,6-7,14-15H2,1H3,(H,26,29). The Morgan fingerprint density at radius 1 is 1.06 bits per heavy atom. The molecule has 1 N–H and O–H groups in total. The Morgan fingerprint density at radius 2 is 1.75 bits per heavy atom. The topological polar surface area (TPSA) is 83.6 Å². The van der Waals surface area contributed by atoms with Gasteiger partial charge in [0, 0.05) is 12.1 Å². The van der Waals surface area contributed by atoms with Crippen LogP contribution in [0, 0.1) is 5.82 Å². The van der Waals surface area contributed by atoms with Crippen LogP contribution in [0.25, 0.3) is 0 Å². The second-order valence-electron chi connectivity index (χ2n) is 8.83. The van der Waals surface area contributed by atoms with Crippen LogP contribution < -0.4 is 4.72 Å². The second kappa shape index (κ2) is 8.65. The number of likely N-dealkylation sites (tertiary alicyclic amines) is 1. The van der Waals surface area contributed by atoms with E-state index in [0.717, 1.165) is 25.0 Å². The third-order valence-corrected chi connectivity index (χ3v) is 8.05. The van der Waals surface area contributed by atoms with Gasteiger partial charge in [-0.25, -0.2) is 17.5 Å². The lowest BCUT2D eigenvalue weighted by atomic mass is 9.83. The van der Waals surface area contributed by atoms with E-state index < -0.39 is 27.3 Å². The first-order chi connectivity index (χ1) is 15.2. The van der Waals surface area contributed by atoms with Gasteiger partial charge in [0.2, 0.25) is 0 Å². The number of hydrogen-bond acceptors (Lipinski definition) is 4. The van der Waals surface area contributed by atoms with Gasteiger partial charge in [-0.1, -0.05) is 37.5 Å². The van der Waals surface area contributed by atoms with Crippen molar-refractivity contribution in [3.8, 4) is 0 Å². The molecule has 170 valence electrons. The largest absolute Gasteiger partial charge is 0.324 e. The van der Waals surface area contributed by atoms with Crippen LogP contribution in [0.4, 0.5) is 4.39 Å². The van der Waals surface area contributed by atoms with Crippen molar-refractivity contribution in [2.75, 3.05) is 6.54 Å². The number of amides is 2. The fourth-order valence-electron chi connectivity index (χ4n) is 4.54. The highest BCUT2D eigenvalue weighted by molar-refractivity contribution is 7.90. The average molecular weight is 459 g/mol. The van der Waals surface area contributed by atoms with Crippen molar-refractivity contribution in [3.63, 3.8) is 0 Å². The predicted molar refractivity (Wildman–Crippen MR) is 118 cm³/mol. The molecule has 1 aliphatic heterocycles. The summed E-state index contributed by atoms with van der Waals surface area (Å²) < 4.78 is 40.4. The minimum Gasteiger partial charge on any atom is -0.324 e. The van der Waals surface area contributed by atoms with Gasteiger partial charge in [0.25, 0.3) is 21.8 Å². The van der Waals surface area contributed by atoms with E-state index in [1.54, 1.807) is 19.1 Å². The van der Waals surface area contributed by atoms with Gasteiger partial charge in [0.1, 0.15) is 11.4 Å². The van der Waals surface area contributed by atoms with Crippen molar-refractivity contribution >= 4 is 21.8 Å². The van der Waals surface area contributed by atoms with Crippen molar-refractivity contribution in [1.29, 1.82) is 0 Å². The molecule has 6 nitrogen and oxygen atoms in total. The maximum absolute atomic E-state index is 13.4. The molecule has 0 spiro atoms. The zero-order valence-electron chi connectivity index (χ0n) is 18.0. The van der Waals surface area contributed by atoms with Crippen LogP contribution in [-0.4, -0.2) is 37.2 Å². The summed E-state index contributed by atoms with van der Waals surface area (Å²) in [5.41, 5.74) is 0.405. The minimum atomic E-state index is -4.25. The molecule has 2 amide bonds. The Labute approximate surface area is 187 Å². The summed E-state index contributed by atoms with van der Waals surface area (Å²) in [7, 11) is -4.25. The van der Waals surface area contributed by atoms with Crippen molar-refractivity contribution in [2.24, 2.45) is 0 Å². The van der Waals surface area contributed by atoms with Gasteiger partial charge in [0.05, 0.1) is 4.90 Å². The Kier molecular flexibility index (Phi) is 6.07. The van der Waals surface area contributed by atoms with Gasteiger partial charge < -0.3 is 4.90 Å². The van der Waals surface area contributed by atoms with Crippen molar-refractivity contribution in [1.82, 2.24) is 9.62 Å². The fourth-order valence-corrected chi connectivity index (χ4v) is 5.64. The molecule has 1 unspecified atom stereocenters. The summed E-state index contributed by atoms with van der Waals surface area (Å²) in [6, 6.07) is 12.0. The molecule has 2 aliphatic rings. The molecule has 1 heterocycles. The summed E-state index contributed by atoms with van der Waals surface area (Å²) in [4.78, 5) is 27.0. The molecule has 0 aromatic heterocycles. The Bertz CT molecular complexity index is 1130. The molecular weight excluding hydrogens is 431 g/mol. The number of carbonyl (C=O) groups excluding carboxylic acids is 2. The summed E-state index contributed by atoms with van der Waals surface area (Å²) in [5, 5.41) is 0. The van der Waals surface area contributed by atoms with Crippen LogP contribution in [0.2, 0.25) is 0 Å². The van der Waals surface area contributed by atoms with Crippen LogP contribution in [0.15, 0.2) is 53.4 Å². The number of benzene rings is 2. The van der Waals surface area contributed by atoms with Crippen molar-refractivity contribution in [3.05, 3.63) is 65.5 Å². The van der Waals surface area contributed by atoms with Crippen molar-refractivity contribution < 1.29 is 22.4 Å². The van der Waals surface area contributed by atoms with E-state index in [4.69, 9.17) is 0 Å². The van der Waals surface area contributed by atoms with Gasteiger partial charge in [-0.2, -0.15) is 0 Å². The highest BCUT2D eigenvalue weighted by Gasteiger charge is 2.50. The van der Waals surface area contributed by atoms with E-state index in [2.05, 4.69) is 0 Å². The molecule has 0 radical (unpaired) electrons. The van der Waals surface area contributed by atoms with E-state index in [0.29, 0.717) is 24.4 Å². The quantitative estimate of drug-likeness (QED) is 0.735. The molecule has 2 fully saturated rings. The SMILES string of the molecule is CC1(C(=O)NS(=O)(=O)c2cccc(F)c2)CCN1C(=O)c1ccc(C2CCCCC2)cc1. The first kappa shape index (κ1) is 22.5. The number of carbonyl (C=O) groups is 2. The molecule has 4 rings (SSSR count). The van der Waals surface area contributed by atoms with Crippen LogP contribution >= 0.6 is 0 Å². The summed E-state index contributed by atoms with van der Waals surface area (Å²) in [6.45, 7) is 1.90. The number of nitrogens with one attached hydrogen (secondary N) is 1. The van der Waals surface area contributed by atoms with Gasteiger partial charge in [0.15, 0.2) is 0 Å². The number of halogens is 1. The molecule has 1 aliphatic carbocycles. The predicted octanol–water partition coefficient (Wildman–Crippen LogP) is 3.98.